The lowest BCUT2D eigenvalue weighted by Crippen LogP contribution is -2.36. The molecule has 3 rings (SSSR count). The van der Waals surface area contributed by atoms with Gasteiger partial charge in [-0.15, -0.1) is 0 Å². The maximum atomic E-state index is 11.5. The number of hydrogen-bond acceptors (Lipinski definition) is 7. The second-order valence-corrected chi connectivity index (χ2v) is 5.06. The van der Waals surface area contributed by atoms with Gasteiger partial charge in [-0.05, 0) is 38.1 Å². The van der Waals surface area contributed by atoms with Gasteiger partial charge in [-0.25, -0.2) is 0 Å². The van der Waals surface area contributed by atoms with Gasteiger partial charge in [0.2, 0.25) is 11.7 Å². The van der Waals surface area contributed by atoms with E-state index in [2.05, 4.69) is 15.0 Å². The molecule has 112 valence electrons. The molecule has 1 aliphatic heterocycles. The molecule has 2 aromatic heterocycles. The molecule has 3 heterocycles. The van der Waals surface area contributed by atoms with Crippen molar-refractivity contribution in [3.05, 3.63) is 24.3 Å². The van der Waals surface area contributed by atoms with E-state index in [9.17, 15) is 4.79 Å². The number of aromatic nitrogens is 2. The first kappa shape index (κ1) is 13.8. The molecule has 7 heteroatoms. The molecule has 1 fully saturated rings. The first-order chi connectivity index (χ1) is 10.3. The van der Waals surface area contributed by atoms with E-state index in [0.29, 0.717) is 24.0 Å². The smallest absolute Gasteiger partial charge is 0.308 e. The first-order valence-electron chi connectivity index (χ1n) is 6.93. The van der Waals surface area contributed by atoms with Crippen LogP contribution in [0.15, 0.2) is 27.3 Å². The van der Waals surface area contributed by atoms with Crippen molar-refractivity contribution in [2.75, 3.05) is 20.2 Å². The molecule has 0 unspecified atom stereocenters. The van der Waals surface area contributed by atoms with Gasteiger partial charge in [0.25, 0.3) is 0 Å². The van der Waals surface area contributed by atoms with Crippen LogP contribution >= 0.6 is 0 Å². The maximum absolute atomic E-state index is 11.5. The number of piperidine rings is 1. The van der Waals surface area contributed by atoms with Crippen LogP contribution < -0.4 is 0 Å². The van der Waals surface area contributed by atoms with E-state index in [0.717, 1.165) is 25.9 Å². The average Bonchev–Trinajstić information content (AvgIpc) is 3.18. The Labute approximate surface area is 121 Å². The van der Waals surface area contributed by atoms with Crippen LogP contribution in [0.3, 0.4) is 0 Å². The SMILES string of the molecule is COC(=O)C1CCN(Cc2nc(-c3ccco3)no2)CC1. The third-order valence-electron chi connectivity index (χ3n) is 3.69. The Bertz CT molecular complexity index is 585. The summed E-state index contributed by atoms with van der Waals surface area (Å²) in [6, 6.07) is 3.57. The Morgan fingerprint density at radius 1 is 1.48 bits per heavy atom. The fourth-order valence-corrected chi connectivity index (χ4v) is 2.51. The van der Waals surface area contributed by atoms with Crippen molar-refractivity contribution in [1.29, 1.82) is 0 Å². The third-order valence-corrected chi connectivity index (χ3v) is 3.69. The number of ether oxygens (including phenoxy) is 1. The van der Waals surface area contributed by atoms with Crippen LogP contribution in [0.1, 0.15) is 18.7 Å². The van der Waals surface area contributed by atoms with Crippen LogP contribution in [0.2, 0.25) is 0 Å². The number of methoxy groups -OCH3 is 1. The highest BCUT2D eigenvalue weighted by Gasteiger charge is 2.26. The highest BCUT2D eigenvalue weighted by atomic mass is 16.5. The first-order valence-corrected chi connectivity index (χ1v) is 6.93. The molecule has 7 nitrogen and oxygen atoms in total. The molecular formula is C14H17N3O4. The van der Waals surface area contributed by atoms with Crippen LogP contribution in [0.25, 0.3) is 11.6 Å². The van der Waals surface area contributed by atoms with Crippen molar-refractivity contribution in [1.82, 2.24) is 15.0 Å². The molecule has 0 atom stereocenters. The standard InChI is InChI=1S/C14H17N3O4/c1-19-14(18)10-4-6-17(7-5-10)9-12-15-13(16-21-12)11-3-2-8-20-11/h2-3,8,10H,4-7,9H2,1H3. The monoisotopic (exact) mass is 291 g/mol. The summed E-state index contributed by atoms with van der Waals surface area (Å²) in [7, 11) is 1.43. The molecule has 2 aromatic rings. The number of rotatable bonds is 4. The van der Waals surface area contributed by atoms with Crippen LogP contribution in [0.5, 0.6) is 0 Å². The summed E-state index contributed by atoms with van der Waals surface area (Å²) < 4.78 is 15.2. The number of nitrogens with zero attached hydrogens (tertiary/aromatic N) is 3. The largest absolute Gasteiger partial charge is 0.469 e. The highest BCUT2D eigenvalue weighted by Crippen LogP contribution is 2.21. The molecule has 0 bridgehead atoms. The van der Waals surface area contributed by atoms with Gasteiger partial charge in [0.05, 0.1) is 25.8 Å². The van der Waals surface area contributed by atoms with Crippen molar-refractivity contribution >= 4 is 5.97 Å². The second kappa shape index (κ2) is 6.09. The summed E-state index contributed by atoms with van der Waals surface area (Å²) in [6.07, 6.45) is 3.17. The van der Waals surface area contributed by atoms with Gasteiger partial charge in [0, 0.05) is 0 Å². The van der Waals surface area contributed by atoms with Crippen molar-refractivity contribution in [3.63, 3.8) is 0 Å². The van der Waals surface area contributed by atoms with E-state index >= 15 is 0 Å². The Kier molecular flexibility index (Phi) is 4.01. The van der Waals surface area contributed by atoms with Crippen LogP contribution in [-0.2, 0) is 16.1 Å². The summed E-state index contributed by atoms with van der Waals surface area (Å²) in [5.74, 6) is 1.49. The van der Waals surface area contributed by atoms with Crippen molar-refractivity contribution in [3.8, 4) is 11.6 Å². The molecule has 0 aromatic carbocycles. The lowest BCUT2D eigenvalue weighted by atomic mass is 9.97. The lowest BCUT2D eigenvalue weighted by molar-refractivity contribution is -0.147. The molecule has 0 N–H and O–H groups in total. The normalized spacial score (nSPS) is 17.0. The Morgan fingerprint density at radius 3 is 2.95 bits per heavy atom. The summed E-state index contributed by atoms with van der Waals surface area (Å²) in [6.45, 7) is 2.22. The minimum absolute atomic E-state index is 0.00705. The Morgan fingerprint density at radius 2 is 2.29 bits per heavy atom. The average molecular weight is 291 g/mol. The van der Waals surface area contributed by atoms with Crippen molar-refractivity contribution in [2.24, 2.45) is 5.92 Å². The van der Waals surface area contributed by atoms with Gasteiger partial charge >= 0.3 is 5.97 Å². The fourth-order valence-electron chi connectivity index (χ4n) is 2.51. The molecule has 0 radical (unpaired) electrons. The van der Waals surface area contributed by atoms with E-state index in [4.69, 9.17) is 13.7 Å². The molecule has 1 aliphatic rings. The van der Waals surface area contributed by atoms with E-state index < -0.39 is 0 Å². The van der Waals surface area contributed by atoms with E-state index in [-0.39, 0.29) is 11.9 Å². The van der Waals surface area contributed by atoms with E-state index in [1.807, 2.05) is 0 Å². The van der Waals surface area contributed by atoms with Gasteiger partial charge < -0.3 is 13.7 Å². The Balaban J connectivity index is 1.55. The predicted molar refractivity (Wildman–Crippen MR) is 72.0 cm³/mol. The number of likely N-dealkylation sites (tertiary alicyclic amines) is 1. The van der Waals surface area contributed by atoms with Crippen LogP contribution in [0.4, 0.5) is 0 Å². The van der Waals surface area contributed by atoms with Gasteiger partial charge in [-0.2, -0.15) is 4.98 Å². The quantitative estimate of drug-likeness (QED) is 0.793. The minimum atomic E-state index is -0.118. The van der Waals surface area contributed by atoms with Gasteiger partial charge in [-0.1, -0.05) is 5.16 Å². The molecular weight excluding hydrogens is 274 g/mol. The topological polar surface area (TPSA) is 81.6 Å². The molecule has 0 saturated carbocycles. The molecule has 1 saturated heterocycles. The summed E-state index contributed by atoms with van der Waals surface area (Å²) in [5, 5.41) is 3.90. The third kappa shape index (κ3) is 3.13. The number of carbonyl (C=O) groups is 1. The van der Waals surface area contributed by atoms with Crippen LogP contribution in [-0.4, -0.2) is 41.2 Å². The van der Waals surface area contributed by atoms with Gasteiger partial charge in [-0.3, -0.25) is 9.69 Å². The number of hydrogen-bond donors (Lipinski definition) is 0. The van der Waals surface area contributed by atoms with Crippen molar-refractivity contribution < 1.29 is 18.5 Å². The number of esters is 1. The molecule has 0 amide bonds. The zero-order valence-corrected chi connectivity index (χ0v) is 11.8. The van der Waals surface area contributed by atoms with Gasteiger partial charge in [0.1, 0.15) is 0 Å². The summed E-state index contributed by atoms with van der Waals surface area (Å²) >= 11 is 0. The molecule has 0 aliphatic carbocycles. The predicted octanol–water partition coefficient (Wildman–Crippen LogP) is 1.71. The highest BCUT2D eigenvalue weighted by molar-refractivity contribution is 5.72. The van der Waals surface area contributed by atoms with E-state index in [1.54, 1.807) is 18.4 Å². The second-order valence-electron chi connectivity index (χ2n) is 5.06. The fraction of sp³-hybridized carbons (Fsp3) is 0.500. The lowest BCUT2D eigenvalue weighted by Gasteiger charge is -2.29. The number of carbonyl (C=O) groups excluding carboxylic acids is 1. The number of furan rings is 1. The Hall–Kier alpha value is -2.15. The minimum Gasteiger partial charge on any atom is -0.469 e. The van der Waals surface area contributed by atoms with Crippen LogP contribution in [0, 0.1) is 5.92 Å². The van der Waals surface area contributed by atoms with Gasteiger partial charge in [0.15, 0.2) is 5.76 Å². The summed E-state index contributed by atoms with van der Waals surface area (Å²) in [4.78, 5) is 18.0. The summed E-state index contributed by atoms with van der Waals surface area (Å²) in [5.41, 5.74) is 0. The molecule has 21 heavy (non-hydrogen) atoms. The maximum Gasteiger partial charge on any atom is 0.308 e. The van der Waals surface area contributed by atoms with Crippen molar-refractivity contribution in [2.45, 2.75) is 19.4 Å². The van der Waals surface area contributed by atoms with E-state index in [1.165, 1.54) is 7.11 Å². The molecule has 0 spiro atoms. The zero-order valence-electron chi connectivity index (χ0n) is 11.8. The zero-order chi connectivity index (χ0) is 14.7.